The molecule has 1 aromatic carbocycles. The maximum atomic E-state index is 11.9. The van der Waals surface area contributed by atoms with Gasteiger partial charge in [-0.25, -0.2) is 4.90 Å². The van der Waals surface area contributed by atoms with Crippen molar-refractivity contribution >= 4 is 34.5 Å². The van der Waals surface area contributed by atoms with Gasteiger partial charge in [-0.1, -0.05) is 12.1 Å². The zero-order valence-electron chi connectivity index (χ0n) is 9.04. The molecule has 2 N–H and O–H groups in total. The molecule has 0 aromatic heterocycles. The third-order valence-corrected chi connectivity index (χ3v) is 3.42. The Hall–Kier alpha value is -1.82. The molecule has 0 radical (unpaired) electrons. The highest BCUT2D eigenvalue weighted by molar-refractivity contribution is 8.16. The number of hydrogen-bond donors (Lipinski definition) is 1. The number of nitrogens with two attached hydrogens (primary N) is 1. The average Bonchev–Trinajstić information content (AvgIpc) is 2.54. The first kappa shape index (κ1) is 11.7. The summed E-state index contributed by atoms with van der Waals surface area (Å²) in [6, 6.07) is 6.95. The van der Waals surface area contributed by atoms with Crippen LogP contribution < -0.4 is 10.6 Å². The number of benzene rings is 1. The summed E-state index contributed by atoms with van der Waals surface area (Å²) in [6.07, 6.45) is 0. The number of hydrogen-bond acceptors (Lipinski definition) is 4. The number of amides is 3. The van der Waals surface area contributed by atoms with Crippen LogP contribution in [0.5, 0.6) is 0 Å². The fraction of sp³-hybridized carbons (Fsp3) is 0.182. The van der Waals surface area contributed by atoms with E-state index < -0.39 is 22.3 Å². The predicted octanol–water partition coefficient (Wildman–Crippen LogP) is 1.05. The van der Waals surface area contributed by atoms with Gasteiger partial charge in [-0.15, -0.1) is 0 Å². The van der Waals surface area contributed by atoms with E-state index in [9.17, 15) is 14.4 Å². The normalized spacial score (nSPS) is 19.8. The van der Waals surface area contributed by atoms with E-state index >= 15 is 0 Å². The third-order valence-electron chi connectivity index (χ3n) is 2.36. The van der Waals surface area contributed by atoms with Crippen LogP contribution in [0.4, 0.5) is 10.5 Å². The molecule has 17 heavy (non-hydrogen) atoms. The van der Waals surface area contributed by atoms with Gasteiger partial charge < -0.3 is 5.73 Å². The van der Waals surface area contributed by atoms with E-state index in [1.807, 2.05) is 13.0 Å². The number of carbonyl (C=O) groups is 3. The van der Waals surface area contributed by atoms with E-state index in [1.54, 1.807) is 18.2 Å². The summed E-state index contributed by atoms with van der Waals surface area (Å²) in [5.74, 6) is -1.36. The molecular formula is C11H10N2O3S. The van der Waals surface area contributed by atoms with Gasteiger partial charge in [0.2, 0.25) is 5.91 Å². The molecule has 1 aliphatic rings. The molecular weight excluding hydrogens is 240 g/mol. The first-order valence-corrected chi connectivity index (χ1v) is 5.79. The van der Waals surface area contributed by atoms with Crippen LogP contribution in [0.3, 0.4) is 0 Å². The molecule has 1 aliphatic heterocycles. The lowest BCUT2D eigenvalue weighted by molar-refractivity contribution is -0.124. The Morgan fingerprint density at radius 1 is 1.41 bits per heavy atom. The number of aryl methyl sites for hydroxylation is 1. The van der Waals surface area contributed by atoms with E-state index in [1.165, 1.54) is 0 Å². The third kappa shape index (κ3) is 2.03. The molecule has 1 fully saturated rings. The molecule has 1 heterocycles. The fourth-order valence-corrected chi connectivity index (χ4v) is 2.42. The monoisotopic (exact) mass is 250 g/mol. The Labute approximate surface area is 102 Å². The predicted molar refractivity (Wildman–Crippen MR) is 64.6 cm³/mol. The van der Waals surface area contributed by atoms with Crippen LogP contribution in [0, 0.1) is 6.92 Å². The van der Waals surface area contributed by atoms with Crippen LogP contribution >= 0.6 is 11.8 Å². The Morgan fingerprint density at radius 2 is 2.12 bits per heavy atom. The molecule has 6 heteroatoms. The summed E-state index contributed by atoms with van der Waals surface area (Å²) in [4.78, 5) is 35.5. The Kier molecular flexibility index (Phi) is 2.89. The van der Waals surface area contributed by atoms with Crippen LogP contribution in [0.15, 0.2) is 24.3 Å². The van der Waals surface area contributed by atoms with Crippen LogP contribution in [-0.2, 0) is 9.59 Å². The number of carbonyl (C=O) groups excluding carboxylic acids is 3. The van der Waals surface area contributed by atoms with Gasteiger partial charge in [0.25, 0.3) is 11.1 Å². The molecule has 0 bridgehead atoms. The first-order valence-electron chi connectivity index (χ1n) is 4.91. The topological polar surface area (TPSA) is 80.5 Å². The Balaban J connectivity index is 2.37. The Bertz CT molecular complexity index is 515. The molecule has 0 unspecified atom stereocenters. The van der Waals surface area contributed by atoms with Crippen molar-refractivity contribution in [2.24, 2.45) is 5.73 Å². The maximum Gasteiger partial charge on any atom is 0.294 e. The highest BCUT2D eigenvalue weighted by atomic mass is 32.2. The number of thioether (sulfide) groups is 1. The molecule has 0 aliphatic carbocycles. The largest absolute Gasteiger partial charge is 0.368 e. The highest BCUT2D eigenvalue weighted by Gasteiger charge is 2.43. The molecule has 88 valence electrons. The molecule has 1 aromatic rings. The second-order valence-corrected chi connectivity index (χ2v) is 4.74. The van der Waals surface area contributed by atoms with Crippen molar-refractivity contribution in [3.05, 3.63) is 29.8 Å². The number of anilines is 1. The van der Waals surface area contributed by atoms with E-state index in [0.717, 1.165) is 10.5 Å². The van der Waals surface area contributed by atoms with E-state index in [0.29, 0.717) is 17.4 Å². The number of primary amides is 1. The van der Waals surface area contributed by atoms with Gasteiger partial charge in [0.15, 0.2) is 5.25 Å². The fourth-order valence-electron chi connectivity index (χ4n) is 1.59. The molecule has 2 rings (SSSR count). The van der Waals surface area contributed by atoms with Crippen LogP contribution in [0.1, 0.15) is 5.56 Å². The van der Waals surface area contributed by atoms with Crippen LogP contribution in [-0.4, -0.2) is 22.3 Å². The van der Waals surface area contributed by atoms with Crippen LogP contribution in [0.25, 0.3) is 0 Å². The molecule has 0 spiro atoms. The van der Waals surface area contributed by atoms with Crippen molar-refractivity contribution in [3.8, 4) is 0 Å². The van der Waals surface area contributed by atoms with Crippen LogP contribution in [0.2, 0.25) is 0 Å². The van der Waals surface area contributed by atoms with Crippen molar-refractivity contribution < 1.29 is 14.4 Å². The molecule has 5 nitrogen and oxygen atoms in total. The molecule has 3 amide bonds. The number of rotatable bonds is 2. The molecule has 1 atom stereocenters. The summed E-state index contributed by atoms with van der Waals surface area (Å²) in [7, 11) is 0. The quantitative estimate of drug-likeness (QED) is 0.795. The lowest BCUT2D eigenvalue weighted by Crippen LogP contribution is -2.37. The van der Waals surface area contributed by atoms with Crippen molar-refractivity contribution in [1.29, 1.82) is 0 Å². The number of nitrogens with zero attached hydrogens (tertiary/aromatic N) is 1. The van der Waals surface area contributed by atoms with Gasteiger partial charge >= 0.3 is 0 Å². The van der Waals surface area contributed by atoms with Gasteiger partial charge in [0, 0.05) is 0 Å². The van der Waals surface area contributed by atoms with Crippen molar-refractivity contribution in [2.75, 3.05) is 4.90 Å². The van der Waals surface area contributed by atoms with Crippen molar-refractivity contribution in [2.45, 2.75) is 12.2 Å². The van der Waals surface area contributed by atoms with Gasteiger partial charge in [-0.2, -0.15) is 0 Å². The highest BCUT2D eigenvalue weighted by Crippen LogP contribution is 2.31. The van der Waals surface area contributed by atoms with Gasteiger partial charge in [0.05, 0.1) is 5.69 Å². The maximum absolute atomic E-state index is 11.9. The average molecular weight is 250 g/mol. The SMILES string of the molecule is Cc1cccc(N2C(=O)S[C@H](C(N)=O)C2=O)c1. The molecule has 1 saturated heterocycles. The summed E-state index contributed by atoms with van der Waals surface area (Å²) in [5.41, 5.74) is 6.46. The van der Waals surface area contributed by atoms with Crippen molar-refractivity contribution in [1.82, 2.24) is 0 Å². The number of imide groups is 1. The standard InChI is InChI=1S/C11H10N2O3S/c1-6-3-2-4-7(5-6)13-10(15)8(9(12)14)17-11(13)16/h2-5,8H,1H3,(H2,12,14)/t8-/m1/s1. The lowest BCUT2D eigenvalue weighted by atomic mass is 10.2. The van der Waals surface area contributed by atoms with Gasteiger partial charge in [-0.3, -0.25) is 14.4 Å². The minimum absolute atomic E-state index is 0.468. The first-order chi connectivity index (χ1) is 8.00. The van der Waals surface area contributed by atoms with E-state index in [2.05, 4.69) is 0 Å². The van der Waals surface area contributed by atoms with Crippen molar-refractivity contribution in [3.63, 3.8) is 0 Å². The molecule has 0 saturated carbocycles. The lowest BCUT2D eigenvalue weighted by Gasteiger charge is -2.13. The second-order valence-electron chi connectivity index (χ2n) is 3.68. The van der Waals surface area contributed by atoms with Gasteiger partial charge in [0.1, 0.15) is 0 Å². The summed E-state index contributed by atoms with van der Waals surface area (Å²) in [5, 5.41) is -1.58. The zero-order chi connectivity index (χ0) is 12.6. The zero-order valence-corrected chi connectivity index (χ0v) is 9.86. The summed E-state index contributed by atoms with van der Waals surface area (Å²) >= 11 is 0.653. The minimum Gasteiger partial charge on any atom is -0.368 e. The Morgan fingerprint density at radius 3 is 2.65 bits per heavy atom. The minimum atomic E-state index is -1.11. The summed E-state index contributed by atoms with van der Waals surface area (Å²) in [6.45, 7) is 1.85. The van der Waals surface area contributed by atoms with E-state index in [-0.39, 0.29) is 0 Å². The smallest absolute Gasteiger partial charge is 0.294 e. The van der Waals surface area contributed by atoms with Gasteiger partial charge in [-0.05, 0) is 36.4 Å². The van der Waals surface area contributed by atoms with E-state index in [4.69, 9.17) is 5.73 Å². The summed E-state index contributed by atoms with van der Waals surface area (Å²) < 4.78 is 0. The second kappa shape index (κ2) is 4.21.